The number of hydrogen-bond acceptors (Lipinski definition) is 4. The van der Waals surface area contributed by atoms with E-state index >= 15 is 0 Å². The summed E-state index contributed by atoms with van der Waals surface area (Å²) in [5.41, 5.74) is 0. The van der Waals surface area contributed by atoms with Crippen LogP contribution in [0.15, 0.2) is 29.2 Å². The van der Waals surface area contributed by atoms with Crippen LogP contribution in [-0.2, 0) is 10.0 Å². The molecule has 2 rings (SSSR count). The number of sulfonamides is 1. The van der Waals surface area contributed by atoms with Crippen molar-refractivity contribution in [2.75, 3.05) is 33.3 Å². The lowest BCUT2D eigenvalue weighted by Gasteiger charge is -2.37. The molecule has 0 bridgehead atoms. The number of benzene rings is 1. The fourth-order valence-electron chi connectivity index (χ4n) is 2.54. The Bertz CT molecular complexity index is 549. The van der Waals surface area contributed by atoms with Crippen molar-refractivity contribution >= 4 is 10.0 Å². The Labute approximate surface area is 127 Å². The molecule has 5 nitrogen and oxygen atoms in total. The van der Waals surface area contributed by atoms with E-state index in [1.54, 1.807) is 35.7 Å². The molecule has 1 aliphatic heterocycles. The number of methoxy groups -OCH3 is 1. The van der Waals surface area contributed by atoms with Crippen LogP contribution in [0.1, 0.15) is 20.3 Å². The monoisotopic (exact) mass is 312 g/mol. The van der Waals surface area contributed by atoms with Gasteiger partial charge in [0.25, 0.3) is 0 Å². The predicted molar refractivity (Wildman–Crippen MR) is 83.1 cm³/mol. The Morgan fingerprint density at radius 1 is 1.14 bits per heavy atom. The summed E-state index contributed by atoms with van der Waals surface area (Å²) < 4.78 is 31.8. The van der Waals surface area contributed by atoms with Gasteiger partial charge in [-0.25, -0.2) is 8.42 Å². The molecule has 1 aromatic rings. The first kappa shape index (κ1) is 16.3. The van der Waals surface area contributed by atoms with Gasteiger partial charge in [-0.2, -0.15) is 4.31 Å². The molecular weight excluding hydrogens is 288 g/mol. The van der Waals surface area contributed by atoms with Crippen LogP contribution < -0.4 is 4.74 Å². The van der Waals surface area contributed by atoms with Gasteiger partial charge in [0.2, 0.25) is 10.0 Å². The SMILES string of the molecule is CC[C@H](C)N1CCN(S(=O)(=O)c2ccc(OC)cc2)CC1. The van der Waals surface area contributed by atoms with E-state index in [0.29, 0.717) is 29.8 Å². The highest BCUT2D eigenvalue weighted by Gasteiger charge is 2.29. The highest BCUT2D eigenvalue weighted by molar-refractivity contribution is 7.89. The summed E-state index contributed by atoms with van der Waals surface area (Å²) in [6.45, 7) is 7.05. The second-order valence-electron chi connectivity index (χ2n) is 5.37. The Morgan fingerprint density at radius 3 is 2.19 bits per heavy atom. The van der Waals surface area contributed by atoms with E-state index in [2.05, 4.69) is 18.7 Å². The fraction of sp³-hybridized carbons (Fsp3) is 0.600. The number of rotatable bonds is 5. The summed E-state index contributed by atoms with van der Waals surface area (Å²) in [4.78, 5) is 2.68. The lowest BCUT2D eigenvalue weighted by atomic mass is 10.2. The van der Waals surface area contributed by atoms with Crippen molar-refractivity contribution in [1.29, 1.82) is 0 Å². The fourth-order valence-corrected chi connectivity index (χ4v) is 3.96. The molecule has 0 N–H and O–H groups in total. The van der Waals surface area contributed by atoms with Crippen LogP contribution in [0, 0.1) is 0 Å². The minimum Gasteiger partial charge on any atom is -0.497 e. The minimum atomic E-state index is -3.39. The van der Waals surface area contributed by atoms with E-state index < -0.39 is 10.0 Å². The first-order valence-electron chi connectivity index (χ1n) is 7.37. The summed E-state index contributed by atoms with van der Waals surface area (Å²) in [6.07, 6.45) is 1.09. The summed E-state index contributed by atoms with van der Waals surface area (Å²) in [5.74, 6) is 0.663. The minimum absolute atomic E-state index is 0.334. The molecule has 0 aromatic heterocycles. The standard InChI is InChI=1S/C15H24N2O3S/c1-4-13(2)16-9-11-17(12-10-16)21(18,19)15-7-5-14(20-3)6-8-15/h5-8,13H,4,9-12H2,1-3H3/t13-/m0/s1. The van der Waals surface area contributed by atoms with E-state index in [0.717, 1.165) is 19.5 Å². The molecule has 0 radical (unpaired) electrons. The zero-order chi connectivity index (χ0) is 15.5. The maximum atomic E-state index is 12.6. The average molecular weight is 312 g/mol. The van der Waals surface area contributed by atoms with Crippen molar-refractivity contribution in [3.05, 3.63) is 24.3 Å². The first-order chi connectivity index (χ1) is 9.98. The maximum absolute atomic E-state index is 12.6. The van der Waals surface area contributed by atoms with Gasteiger partial charge in [0.15, 0.2) is 0 Å². The Balaban J connectivity index is 2.07. The second-order valence-corrected chi connectivity index (χ2v) is 7.31. The van der Waals surface area contributed by atoms with E-state index in [9.17, 15) is 8.42 Å². The number of ether oxygens (including phenoxy) is 1. The van der Waals surface area contributed by atoms with Gasteiger partial charge in [-0.1, -0.05) is 6.92 Å². The molecule has 6 heteroatoms. The van der Waals surface area contributed by atoms with Crippen LogP contribution in [0.5, 0.6) is 5.75 Å². The molecule has 1 atom stereocenters. The quantitative estimate of drug-likeness (QED) is 0.832. The predicted octanol–water partition coefficient (Wildman–Crippen LogP) is 1.80. The van der Waals surface area contributed by atoms with Gasteiger partial charge >= 0.3 is 0 Å². The zero-order valence-corrected chi connectivity index (χ0v) is 13.8. The summed E-state index contributed by atoms with van der Waals surface area (Å²) in [5, 5.41) is 0. The van der Waals surface area contributed by atoms with E-state index in [4.69, 9.17) is 4.74 Å². The van der Waals surface area contributed by atoms with Crippen LogP contribution in [0.25, 0.3) is 0 Å². The normalized spacial score (nSPS) is 19.4. The Kier molecular flexibility index (Phi) is 5.24. The average Bonchev–Trinajstić information content (AvgIpc) is 2.54. The molecule has 1 heterocycles. The van der Waals surface area contributed by atoms with Gasteiger partial charge in [-0.15, -0.1) is 0 Å². The Morgan fingerprint density at radius 2 is 1.71 bits per heavy atom. The highest BCUT2D eigenvalue weighted by Crippen LogP contribution is 2.21. The van der Waals surface area contributed by atoms with Crippen molar-refractivity contribution in [1.82, 2.24) is 9.21 Å². The topological polar surface area (TPSA) is 49.9 Å². The van der Waals surface area contributed by atoms with Crippen LogP contribution in [-0.4, -0.2) is 57.0 Å². The summed E-state index contributed by atoms with van der Waals surface area (Å²) in [6, 6.07) is 7.09. The molecule has 1 saturated heterocycles. The van der Waals surface area contributed by atoms with E-state index in [1.807, 2.05) is 0 Å². The Hall–Kier alpha value is -1.11. The number of nitrogens with zero attached hydrogens (tertiary/aromatic N) is 2. The van der Waals surface area contributed by atoms with Crippen molar-refractivity contribution in [2.45, 2.75) is 31.2 Å². The molecule has 1 aliphatic rings. The van der Waals surface area contributed by atoms with E-state index in [1.165, 1.54) is 0 Å². The van der Waals surface area contributed by atoms with Crippen LogP contribution in [0.4, 0.5) is 0 Å². The van der Waals surface area contributed by atoms with Crippen molar-refractivity contribution in [3.63, 3.8) is 0 Å². The third-order valence-corrected chi connectivity index (χ3v) is 6.10. The second kappa shape index (κ2) is 6.77. The van der Waals surface area contributed by atoms with Gasteiger partial charge in [0.05, 0.1) is 12.0 Å². The van der Waals surface area contributed by atoms with Gasteiger partial charge < -0.3 is 4.74 Å². The molecular formula is C15H24N2O3S. The van der Waals surface area contributed by atoms with Gasteiger partial charge in [0.1, 0.15) is 5.75 Å². The number of piperazine rings is 1. The zero-order valence-electron chi connectivity index (χ0n) is 12.9. The highest BCUT2D eigenvalue weighted by atomic mass is 32.2. The molecule has 0 aliphatic carbocycles. The molecule has 21 heavy (non-hydrogen) atoms. The third-order valence-electron chi connectivity index (χ3n) is 4.18. The molecule has 0 spiro atoms. The van der Waals surface area contributed by atoms with Gasteiger partial charge in [-0.3, -0.25) is 4.90 Å². The lowest BCUT2D eigenvalue weighted by Crippen LogP contribution is -2.51. The van der Waals surface area contributed by atoms with E-state index in [-0.39, 0.29) is 0 Å². The van der Waals surface area contributed by atoms with Gasteiger partial charge in [-0.05, 0) is 37.6 Å². The lowest BCUT2D eigenvalue weighted by molar-refractivity contribution is 0.142. The van der Waals surface area contributed by atoms with Crippen molar-refractivity contribution in [3.8, 4) is 5.75 Å². The van der Waals surface area contributed by atoms with Crippen molar-refractivity contribution in [2.24, 2.45) is 0 Å². The maximum Gasteiger partial charge on any atom is 0.243 e. The number of hydrogen-bond donors (Lipinski definition) is 0. The molecule has 0 unspecified atom stereocenters. The molecule has 1 fully saturated rings. The summed E-state index contributed by atoms with van der Waals surface area (Å²) >= 11 is 0. The summed E-state index contributed by atoms with van der Waals surface area (Å²) in [7, 11) is -1.82. The smallest absolute Gasteiger partial charge is 0.243 e. The van der Waals surface area contributed by atoms with Crippen LogP contribution in [0.2, 0.25) is 0 Å². The van der Waals surface area contributed by atoms with Gasteiger partial charge in [0, 0.05) is 32.2 Å². The molecule has 0 amide bonds. The van der Waals surface area contributed by atoms with Crippen molar-refractivity contribution < 1.29 is 13.2 Å². The first-order valence-corrected chi connectivity index (χ1v) is 8.81. The third kappa shape index (κ3) is 3.56. The molecule has 1 aromatic carbocycles. The molecule has 0 saturated carbocycles. The van der Waals surface area contributed by atoms with Crippen LogP contribution in [0.3, 0.4) is 0 Å². The largest absolute Gasteiger partial charge is 0.497 e. The van der Waals surface area contributed by atoms with Crippen LogP contribution >= 0.6 is 0 Å². The molecule has 118 valence electrons.